The number of hydrogen-bond donors (Lipinski definition) is 1. The molecule has 1 atom stereocenters. The molecule has 2 aromatic rings. The minimum atomic E-state index is -0.274. The van der Waals surface area contributed by atoms with Gasteiger partial charge in [0.15, 0.2) is 0 Å². The van der Waals surface area contributed by atoms with Crippen LogP contribution in [0.1, 0.15) is 35.9 Å². The van der Waals surface area contributed by atoms with E-state index in [0.29, 0.717) is 18.8 Å². The van der Waals surface area contributed by atoms with Crippen LogP contribution in [0.2, 0.25) is 0 Å². The number of hydrogen-bond acceptors (Lipinski definition) is 4. The van der Waals surface area contributed by atoms with Crippen molar-refractivity contribution < 1.29 is 14.2 Å². The molecule has 1 aromatic heterocycles. The Balaban J connectivity index is 1.91. The molecule has 1 aromatic carbocycles. The van der Waals surface area contributed by atoms with Crippen LogP contribution >= 0.6 is 0 Å². The number of aliphatic hydroxyl groups is 1. The first-order valence-electron chi connectivity index (χ1n) is 6.67. The second-order valence-electron chi connectivity index (χ2n) is 4.87. The van der Waals surface area contributed by atoms with Crippen molar-refractivity contribution >= 4 is 0 Å². The van der Waals surface area contributed by atoms with Crippen LogP contribution in [0.25, 0.3) is 0 Å². The molecule has 1 saturated heterocycles. The molecular weight excluding hydrogens is 261 g/mol. The molecule has 3 rings (SSSR count). The molecule has 1 aliphatic rings. The lowest BCUT2D eigenvalue weighted by molar-refractivity contribution is 0.102. The van der Waals surface area contributed by atoms with E-state index in [1.54, 1.807) is 10.7 Å². The van der Waals surface area contributed by atoms with E-state index in [1.165, 1.54) is 12.1 Å². The minimum absolute atomic E-state index is 0.0827. The predicted molar refractivity (Wildman–Crippen MR) is 69.4 cm³/mol. The van der Waals surface area contributed by atoms with Gasteiger partial charge >= 0.3 is 0 Å². The van der Waals surface area contributed by atoms with E-state index in [4.69, 9.17) is 4.74 Å². The van der Waals surface area contributed by atoms with Gasteiger partial charge in [0.05, 0.1) is 18.8 Å². The topological polar surface area (TPSA) is 60.2 Å². The highest BCUT2D eigenvalue weighted by Crippen LogP contribution is 2.30. The first-order valence-corrected chi connectivity index (χ1v) is 6.67. The molecule has 1 unspecified atom stereocenters. The lowest BCUT2D eigenvalue weighted by atomic mass is 10.1. The Bertz CT molecular complexity index is 594. The van der Waals surface area contributed by atoms with Crippen molar-refractivity contribution in [3.8, 4) is 0 Å². The van der Waals surface area contributed by atoms with Crippen LogP contribution in [0.5, 0.6) is 0 Å². The highest BCUT2D eigenvalue weighted by atomic mass is 19.1. The Morgan fingerprint density at radius 2 is 2.35 bits per heavy atom. The van der Waals surface area contributed by atoms with Gasteiger partial charge in [-0.15, -0.1) is 5.10 Å². The summed E-state index contributed by atoms with van der Waals surface area (Å²) in [5, 5.41) is 17.4. The molecule has 6 heteroatoms. The summed E-state index contributed by atoms with van der Waals surface area (Å²) in [7, 11) is 0. The maximum absolute atomic E-state index is 13.2. The van der Waals surface area contributed by atoms with Crippen molar-refractivity contribution in [3.05, 3.63) is 47.0 Å². The van der Waals surface area contributed by atoms with Gasteiger partial charge in [0.2, 0.25) is 0 Å². The van der Waals surface area contributed by atoms with Crippen molar-refractivity contribution in [2.45, 2.75) is 32.1 Å². The Morgan fingerprint density at radius 3 is 3.05 bits per heavy atom. The van der Waals surface area contributed by atoms with E-state index in [0.717, 1.165) is 24.1 Å². The van der Waals surface area contributed by atoms with Gasteiger partial charge in [0, 0.05) is 6.61 Å². The van der Waals surface area contributed by atoms with E-state index in [9.17, 15) is 9.50 Å². The van der Waals surface area contributed by atoms with Crippen LogP contribution in [-0.4, -0.2) is 26.7 Å². The third-order valence-electron chi connectivity index (χ3n) is 3.45. The van der Waals surface area contributed by atoms with Crippen molar-refractivity contribution in [2.24, 2.45) is 0 Å². The van der Waals surface area contributed by atoms with Crippen LogP contribution in [0.3, 0.4) is 0 Å². The summed E-state index contributed by atoms with van der Waals surface area (Å²) in [4.78, 5) is 0. The first-order chi connectivity index (χ1) is 9.78. The molecule has 0 bridgehead atoms. The third kappa shape index (κ3) is 2.57. The van der Waals surface area contributed by atoms with Gasteiger partial charge < -0.3 is 9.84 Å². The maximum atomic E-state index is 13.2. The number of nitrogens with zero attached hydrogens (tertiary/aromatic N) is 3. The van der Waals surface area contributed by atoms with Crippen LogP contribution in [0, 0.1) is 5.82 Å². The van der Waals surface area contributed by atoms with Gasteiger partial charge in [-0.1, -0.05) is 17.3 Å². The number of halogens is 1. The molecule has 0 spiro atoms. The van der Waals surface area contributed by atoms with Gasteiger partial charge in [0.25, 0.3) is 0 Å². The fourth-order valence-corrected chi connectivity index (χ4v) is 2.54. The van der Waals surface area contributed by atoms with Crippen LogP contribution in [-0.2, 0) is 17.9 Å². The first kappa shape index (κ1) is 13.2. The smallest absolute Gasteiger partial charge is 0.123 e. The van der Waals surface area contributed by atoms with Gasteiger partial charge in [-0.2, -0.15) is 0 Å². The molecule has 1 fully saturated rings. The molecule has 1 N–H and O–H groups in total. The van der Waals surface area contributed by atoms with E-state index in [-0.39, 0.29) is 18.5 Å². The van der Waals surface area contributed by atoms with Crippen molar-refractivity contribution in [1.29, 1.82) is 0 Å². The fourth-order valence-electron chi connectivity index (χ4n) is 2.54. The molecule has 0 aliphatic carbocycles. The van der Waals surface area contributed by atoms with Gasteiger partial charge in [-0.25, -0.2) is 9.07 Å². The highest BCUT2D eigenvalue weighted by molar-refractivity contribution is 5.19. The van der Waals surface area contributed by atoms with Gasteiger partial charge in [-0.05, 0) is 30.5 Å². The van der Waals surface area contributed by atoms with Crippen LogP contribution in [0.15, 0.2) is 24.3 Å². The standard InChI is InChI=1S/C14H16FN3O2/c15-11-4-1-3-10(7-11)8-18-14(12(9-19)16-17-18)13-5-2-6-20-13/h1,3-4,7,13,19H,2,5-6,8-9H2. The predicted octanol–water partition coefficient (Wildman–Crippen LogP) is 1.81. The Hall–Kier alpha value is -1.79. The molecule has 20 heavy (non-hydrogen) atoms. The summed E-state index contributed by atoms with van der Waals surface area (Å²) in [5.74, 6) is -0.274. The quantitative estimate of drug-likeness (QED) is 0.926. The largest absolute Gasteiger partial charge is 0.390 e. The highest BCUT2D eigenvalue weighted by Gasteiger charge is 2.26. The Kier molecular flexibility index (Phi) is 3.75. The average Bonchev–Trinajstić information content (AvgIpc) is 3.07. The molecule has 5 nitrogen and oxygen atoms in total. The molecule has 0 saturated carbocycles. The van der Waals surface area contributed by atoms with Gasteiger partial charge in [-0.3, -0.25) is 0 Å². The second kappa shape index (κ2) is 5.68. The zero-order valence-electron chi connectivity index (χ0n) is 11.0. The fraction of sp³-hybridized carbons (Fsp3) is 0.429. The summed E-state index contributed by atoms with van der Waals surface area (Å²) < 4.78 is 20.6. The monoisotopic (exact) mass is 277 g/mol. The molecule has 0 amide bonds. The normalized spacial score (nSPS) is 18.6. The molecule has 1 aliphatic heterocycles. The summed E-state index contributed by atoms with van der Waals surface area (Å²) >= 11 is 0. The second-order valence-corrected chi connectivity index (χ2v) is 4.87. The summed E-state index contributed by atoms with van der Waals surface area (Å²) in [6, 6.07) is 6.38. The minimum Gasteiger partial charge on any atom is -0.390 e. The van der Waals surface area contributed by atoms with Crippen LogP contribution < -0.4 is 0 Å². The maximum Gasteiger partial charge on any atom is 0.123 e. The van der Waals surface area contributed by atoms with Crippen molar-refractivity contribution in [3.63, 3.8) is 0 Å². The Morgan fingerprint density at radius 1 is 1.45 bits per heavy atom. The van der Waals surface area contributed by atoms with E-state index in [2.05, 4.69) is 10.3 Å². The summed E-state index contributed by atoms with van der Waals surface area (Å²) in [5.41, 5.74) is 2.14. The number of aromatic nitrogens is 3. The number of aliphatic hydroxyl groups excluding tert-OH is 1. The zero-order chi connectivity index (χ0) is 13.9. The summed E-state index contributed by atoms with van der Waals surface area (Å²) in [6.07, 6.45) is 1.80. The zero-order valence-corrected chi connectivity index (χ0v) is 11.0. The van der Waals surface area contributed by atoms with Crippen molar-refractivity contribution in [2.75, 3.05) is 6.61 Å². The number of ether oxygens (including phenoxy) is 1. The van der Waals surface area contributed by atoms with E-state index < -0.39 is 0 Å². The molecule has 106 valence electrons. The lowest BCUT2D eigenvalue weighted by Gasteiger charge is -2.13. The Labute approximate surface area is 116 Å². The third-order valence-corrected chi connectivity index (χ3v) is 3.45. The molecular formula is C14H16FN3O2. The van der Waals surface area contributed by atoms with Gasteiger partial charge in [0.1, 0.15) is 17.6 Å². The SMILES string of the molecule is OCc1nnn(Cc2cccc(F)c2)c1C1CCCO1. The lowest BCUT2D eigenvalue weighted by Crippen LogP contribution is -2.11. The van der Waals surface area contributed by atoms with E-state index in [1.807, 2.05) is 6.07 Å². The van der Waals surface area contributed by atoms with E-state index >= 15 is 0 Å². The molecule has 2 heterocycles. The summed E-state index contributed by atoms with van der Waals surface area (Å²) in [6.45, 7) is 0.957. The number of benzene rings is 1. The average molecular weight is 277 g/mol. The van der Waals surface area contributed by atoms with Crippen molar-refractivity contribution in [1.82, 2.24) is 15.0 Å². The number of rotatable bonds is 4. The van der Waals surface area contributed by atoms with Crippen LogP contribution in [0.4, 0.5) is 4.39 Å². The molecule has 0 radical (unpaired) electrons.